The van der Waals surface area contributed by atoms with Crippen LogP contribution in [0.1, 0.15) is 13.8 Å². The predicted molar refractivity (Wildman–Crippen MR) is 66.0 cm³/mol. The molecule has 0 rings (SSSR count). The zero-order valence-corrected chi connectivity index (χ0v) is 11.1. The van der Waals surface area contributed by atoms with Crippen LogP contribution in [0.5, 0.6) is 0 Å². The first kappa shape index (κ1) is 12.6. The predicted octanol–water partition coefficient (Wildman–Crippen LogP) is 1.47. The van der Waals surface area contributed by atoms with E-state index < -0.39 is 22.8 Å². The van der Waals surface area contributed by atoms with Crippen LogP contribution in [-0.2, 0) is 0 Å². The van der Waals surface area contributed by atoms with Gasteiger partial charge in [-0.05, 0) is 13.8 Å². The Labute approximate surface area is 84.7 Å². The van der Waals surface area contributed by atoms with E-state index in [1.165, 1.54) is 0 Å². The van der Waals surface area contributed by atoms with Gasteiger partial charge in [0.25, 0.3) is 0 Å². The molecular weight excluding hydrogens is 192 g/mol. The zero-order chi connectivity index (χ0) is 10.5. The Morgan fingerprint density at radius 2 is 1.62 bits per heavy atom. The molecule has 0 aromatic rings. The normalized spacial score (nSPS) is 13.2. The molecule has 0 saturated carbocycles. The summed E-state index contributed by atoms with van der Waals surface area (Å²) in [5.41, 5.74) is 7.05. The molecule has 0 aliphatic rings. The molecule has 0 amide bonds. The molecule has 0 aliphatic heterocycles. The average Bonchev–Trinajstić information content (AvgIpc) is 2.06. The van der Waals surface area contributed by atoms with E-state index in [1.807, 2.05) is 30.9 Å². The summed E-state index contributed by atoms with van der Waals surface area (Å²) in [7, 11) is -2.12. The van der Waals surface area contributed by atoms with Crippen LogP contribution in [0.15, 0.2) is 36.8 Å². The van der Waals surface area contributed by atoms with Crippen molar-refractivity contribution in [2.24, 2.45) is 0 Å². The Hall–Kier alpha value is -0.386. The van der Waals surface area contributed by atoms with E-state index in [9.17, 15) is 5.11 Å². The minimum atomic E-state index is -1.63. The van der Waals surface area contributed by atoms with Gasteiger partial charge in [0.15, 0.2) is 0 Å². The second kappa shape index (κ2) is 4.74. The SMILES string of the molecule is C=C[Si](C=C)(C=C)C[SiH2]C(C)(C)O. The molecule has 0 fully saturated rings. The average molecular weight is 212 g/mol. The maximum atomic E-state index is 9.65. The molecule has 0 unspecified atom stereocenters. The Balaban J connectivity index is 4.36. The van der Waals surface area contributed by atoms with Crippen molar-refractivity contribution in [2.75, 3.05) is 0 Å². The summed E-state index contributed by atoms with van der Waals surface area (Å²) >= 11 is 0. The lowest BCUT2D eigenvalue weighted by molar-refractivity contribution is 0.166. The van der Waals surface area contributed by atoms with Gasteiger partial charge in [0.2, 0.25) is 0 Å². The standard InChI is InChI=1S/C10H20OSi2/c1-6-13(7-2,8-3)9-12-10(4,5)11/h6-8,11H,1-3,9,12H2,4-5H3. The molecule has 0 heterocycles. The Morgan fingerprint density at radius 1 is 1.23 bits per heavy atom. The first-order chi connectivity index (χ1) is 5.89. The highest BCUT2D eigenvalue weighted by molar-refractivity contribution is 6.97. The van der Waals surface area contributed by atoms with Crippen molar-refractivity contribution in [3.8, 4) is 0 Å². The maximum Gasteiger partial charge on any atom is 0.121 e. The van der Waals surface area contributed by atoms with Crippen LogP contribution >= 0.6 is 0 Å². The number of rotatable bonds is 6. The van der Waals surface area contributed by atoms with Gasteiger partial charge in [-0.25, -0.2) is 0 Å². The van der Waals surface area contributed by atoms with Crippen LogP contribution in [0.3, 0.4) is 0 Å². The van der Waals surface area contributed by atoms with Crippen LogP contribution in [0.2, 0.25) is 5.67 Å². The lowest BCUT2D eigenvalue weighted by Crippen LogP contribution is -2.37. The summed E-state index contributed by atoms with van der Waals surface area (Å²) in [5, 5.41) is 9.18. The van der Waals surface area contributed by atoms with E-state index in [0.29, 0.717) is 0 Å². The van der Waals surface area contributed by atoms with Crippen molar-refractivity contribution in [3.05, 3.63) is 36.8 Å². The molecule has 0 spiro atoms. The molecule has 0 aliphatic carbocycles. The largest absolute Gasteiger partial charge is 0.395 e. The molecule has 74 valence electrons. The second-order valence-corrected chi connectivity index (χ2v) is 11.7. The van der Waals surface area contributed by atoms with E-state index in [2.05, 4.69) is 19.7 Å². The fourth-order valence-corrected chi connectivity index (χ4v) is 8.21. The molecule has 1 nitrogen and oxygen atoms in total. The summed E-state index contributed by atoms with van der Waals surface area (Å²) in [4.78, 5) is 0. The fraction of sp³-hybridized carbons (Fsp3) is 0.400. The molecule has 13 heavy (non-hydrogen) atoms. The van der Waals surface area contributed by atoms with Gasteiger partial charge >= 0.3 is 0 Å². The van der Waals surface area contributed by atoms with Gasteiger partial charge in [-0.15, -0.1) is 19.7 Å². The highest BCUT2D eigenvalue weighted by atomic mass is 28.4. The Kier molecular flexibility index (Phi) is 4.60. The molecule has 3 heteroatoms. The van der Waals surface area contributed by atoms with E-state index in [0.717, 1.165) is 5.67 Å². The monoisotopic (exact) mass is 212 g/mol. The third-order valence-corrected chi connectivity index (χ3v) is 10.3. The van der Waals surface area contributed by atoms with Crippen LogP contribution in [0.4, 0.5) is 0 Å². The fourth-order valence-electron chi connectivity index (χ4n) is 1.08. The lowest BCUT2D eigenvalue weighted by atomic mass is 10.5. The van der Waals surface area contributed by atoms with Gasteiger partial charge in [-0.3, -0.25) is 0 Å². The molecular formula is C10H20OSi2. The Morgan fingerprint density at radius 3 is 1.85 bits per heavy atom. The van der Waals surface area contributed by atoms with E-state index in [1.54, 1.807) is 0 Å². The minimum absolute atomic E-state index is 0.465. The van der Waals surface area contributed by atoms with Crippen LogP contribution in [-0.4, -0.2) is 27.9 Å². The van der Waals surface area contributed by atoms with E-state index >= 15 is 0 Å². The zero-order valence-electron chi connectivity index (χ0n) is 8.71. The molecule has 0 saturated heterocycles. The van der Waals surface area contributed by atoms with Crippen LogP contribution < -0.4 is 0 Å². The van der Waals surface area contributed by atoms with Crippen LogP contribution in [0, 0.1) is 0 Å². The highest BCUT2D eigenvalue weighted by Gasteiger charge is 2.25. The van der Waals surface area contributed by atoms with Gasteiger partial charge in [-0.1, -0.05) is 22.8 Å². The lowest BCUT2D eigenvalue weighted by Gasteiger charge is -2.24. The quantitative estimate of drug-likeness (QED) is 0.661. The van der Waals surface area contributed by atoms with Crippen molar-refractivity contribution in [2.45, 2.75) is 24.7 Å². The van der Waals surface area contributed by atoms with Crippen molar-refractivity contribution in [1.29, 1.82) is 0 Å². The van der Waals surface area contributed by atoms with Crippen molar-refractivity contribution in [3.63, 3.8) is 0 Å². The summed E-state index contributed by atoms with van der Waals surface area (Å²) in [6.07, 6.45) is 0. The molecule has 1 N–H and O–H groups in total. The molecule has 0 aromatic heterocycles. The topological polar surface area (TPSA) is 20.2 Å². The van der Waals surface area contributed by atoms with Crippen LogP contribution in [0.25, 0.3) is 0 Å². The van der Waals surface area contributed by atoms with Gasteiger partial charge in [0, 0.05) is 5.22 Å². The van der Waals surface area contributed by atoms with Crippen molar-refractivity contribution in [1.82, 2.24) is 0 Å². The number of aliphatic hydroxyl groups is 1. The van der Waals surface area contributed by atoms with Gasteiger partial charge in [-0.2, -0.15) is 0 Å². The third-order valence-electron chi connectivity index (χ3n) is 2.31. The van der Waals surface area contributed by atoms with Gasteiger partial charge in [0.1, 0.15) is 8.07 Å². The molecule has 0 bridgehead atoms. The van der Waals surface area contributed by atoms with Crippen molar-refractivity contribution >= 4 is 17.6 Å². The Bertz CT molecular complexity index is 182. The van der Waals surface area contributed by atoms with Crippen molar-refractivity contribution < 1.29 is 5.11 Å². The van der Waals surface area contributed by atoms with E-state index in [-0.39, 0.29) is 0 Å². The van der Waals surface area contributed by atoms with E-state index in [4.69, 9.17) is 0 Å². The third kappa shape index (κ3) is 4.40. The molecule has 0 aromatic carbocycles. The van der Waals surface area contributed by atoms with Gasteiger partial charge < -0.3 is 5.11 Å². The second-order valence-electron chi connectivity index (χ2n) is 4.04. The summed E-state index contributed by atoms with van der Waals surface area (Å²) in [5.74, 6) is 0. The first-order valence-electron chi connectivity index (χ1n) is 4.52. The maximum absolute atomic E-state index is 9.65. The summed E-state index contributed by atoms with van der Waals surface area (Å²) in [6, 6.07) is 0. The first-order valence-corrected chi connectivity index (χ1v) is 8.67. The minimum Gasteiger partial charge on any atom is -0.395 e. The summed E-state index contributed by atoms with van der Waals surface area (Å²) < 4.78 is 0. The molecule has 0 radical (unpaired) electrons. The number of hydrogen-bond donors (Lipinski definition) is 1. The highest BCUT2D eigenvalue weighted by Crippen LogP contribution is 2.15. The smallest absolute Gasteiger partial charge is 0.121 e. The number of hydrogen-bond acceptors (Lipinski definition) is 1. The van der Waals surface area contributed by atoms with Gasteiger partial charge in [0.05, 0.1) is 9.52 Å². The summed E-state index contributed by atoms with van der Waals surface area (Å²) in [6.45, 7) is 15.3. The molecule has 0 atom stereocenters.